The number of hydrogen-bond acceptors (Lipinski definition) is 8. The van der Waals surface area contributed by atoms with E-state index in [4.69, 9.17) is 19.9 Å². The van der Waals surface area contributed by atoms with E-state index in [1.807, 2.05) is 48.2 Å². The number of anilines is 1. The van der Waals surface area contributed by atoms with E-state index in [2.05, 4.69) is 41.2 Å². The van der Waals surface area contributed by atoms with Crippen LogP contribution in [0.5, 0.6) is 5.88 Å². The molecule has 0 bridgehead atoms. The topological polar surface area (TPSA) is 79.5 Å². The number of thioether (sulfide) groups is 2. The molecule has 1 unspecified atom stereocenters. The van der Waals surface area contributed by atoms with Gasteiger partial charge in [0.15, 0.2) is 0 Å². The Kier molecular flexibility index (Phi) is 13.5. The number of aromatic nitrogens is 2. The lowest BCUT2D eigenvalue weighted by Crippen LogP contribution is -2.30. The van der Waals surface area contributed by atoms with Gasteiger partial charge in [0, 0.05) is 29.6 Å². The first kappa shape index (κ1) is 30.7. The summed E-state index contributed by atoms with van der Waals surface area (Å²) in [5.74, 6) is 3.82. The molecular weight excluding hydrogens is 539 g/mol. The van der Waals surface area contributed by atoms with Crippen LogP contribution in [0.15, 0.2) is 71.6 Å². The highest BCUT2D eigenvalue weighted by Crippen LogP contribution is 2.35. The molecular formula is C32H43N3O3S2. The summed E-state index contributed by atoms with van der Waals surface area (Å²) in [5.41, 5.74) is 7.24. The van der Waals surface area contributed by atoms with Gasteiger partial charge < -0.3 is 19.9 Å². The second-order valence-corrected chi connectivity index (χ2v) is 12.6. The molecule has 1 fully saturated rings. The molecule has 2 aromatic carbocycles. The zero-order valence-corrected chi connectivity index (χ0v) is 25.2. The first-order chi connectivity index (χ1) is 19.7. The predicted molar refractivity (Wildman–Crippen MR) is 167 cm³/mol. The van der Waals surface area contributed by atoms with Crippen LogP contribution in [0, 0.1) is 0 Å². The third-order valence-corrected chi connectivity index (χ3v) is 8.94. The van der Waals surface area contributed by atoms with E-state index in [1.54, 1.807) is 17.8 Å². The van der Waals surface area contributed by atoms with Crippen LogP contribution in [-0.4, -0.2) is 45.7 Å². The van der Waals surface area contributed by atoms with E-state index in [9.17, 15) is 0 Å². The van der Waals surface area contributed by atoms with Gasteiger partial charge in [-0.1, -0.05) is 99.3 Å². The zero-order valence-electron chi connectivity index (χ0n) is 23.6. The lowest BCUT2D eigenvalue weighted by molar-refractivity contribution is -0.0386. The highest BCUT2D eigenvalue weighted by atomic mass is 32.2. The molecule has 0 spiro atoms. The Morgan fingerprint density at radius 3 is 2.48 bits per heavy atom. The Morgan fingerprint density at radius 2 is 1.68 bits per heavy atom. The van der Waals surface area contributed by atoms with Crippen molar-refractivity contribution in [3.05, 3.63) is 78.1 Å². The Bertz CT molecular complexity index is 1110. The Morgan fingerprint density at radius 1 is 0.925 bits per heavy atom. The molecule has 3 aromatic rings. The summed E-state index contributed by atoms with van der Waals surface area (Å²) in [4.78, 5) is 10.3. The van der Waals surface area contributed by atoms with Crippen LogP contribution < -0.4 is 10.5 Å². The minimum atomic E-state index is -0.211. The van der Waals surface area contributed by atoms with E-state index < -0.39 is 0 Å². The third-order valence-electron chi connectivity index (χ3n) is 6.76. The fourth-order valence-corrected chi connectivity index (χ4v) is 6.64. The van der Waals surface area contributed by atoms with E-state index in [0.717, 1.165) is 30.0 Å². The summed E-state index contributed by atoms with van der Waals surface area (Å²) in [6, 6.07) is 22.3. The van der Waals surface area contributed by atoms with Gasteiger partial charge in [0.2, 0.25) is 5.88 Å². The molecule has 2 N–H and O–H groups in total. The molecule has 0 amide bonds. The molecule has 1 aromatic heterocycles. The molecule has 1 aliphatic rings. The Labute approximate surface area is 248 Å². The fraction of sp³-hybridized carbons (Fsp3) is 0.500. The molecule has 8 heteroatoms. The molecule has 3 atom stereocenters. The third kappa shape index (κ3) is 11.0. The van der Waals surface area contributed by atoms with E-state index in [0.29, 0.717) is 24.9 Å². The molecule has 2 heterocycles. The zero-order chi connectivity index (χ0) is 27.8. The summed E-state index contributed by atoms with van der Waals surface area (Å²) < 4.78 is 18.9. The molecule has 216 valence electrons. The van der Waals surface area contributed by atoms with Crippen molar-refractivity contribution in [3.8, 4) is 5.88 Å². The number of nitrogens with two attached hydrogens (primary N) is 1. The number of hydrogen-bond donors (Lipinski definition) is 1. The van der Waals surface area contributed by atoms with Gasteiger partial charge >= 0.3 is 0 Å². The molecule has 1 saturated heterocycles. The highest BCUT2D eigenvalue weighted by molar-refractivity contribution is 7.99. The average molecular weight is 582 g/mol. The van der Waals surface area contributed by atoms with Crippen LogP contribution in [0.25, 0.3) is 0 Å². The molecule has 0 aliphatic carbocycles. The summed E-state index contributed by atoms with van der Waals surface area (Å²) in [5, 5.41) is 0. The number of ether oxygens (including phenoxy) is 3. The normalized spacial score (nSPS) is 18.7. The fourth-order valence-electron chi connectivity index (χ4n) is 4.60. The van der Waals surface area contributed by atoms with Crippen LogP contribution in [0.1, 0.15) is 63.3 Å². The smallest absolute Gasteiger partial charge is 0.218 e. The highest BCUT2D eigenvalue weighted by Gasteiger charge is 2.37. The van der Waals surface area contributed by atoms with Crippen LogP contribution in [0.2, 0.25) is 0 Å². The predicted octanol–water partition coefficient (Wildman–Crippen LogP) is 7.57. The minimum Gasteiger partial charge on any atom is -0.475 e. The van der Waals surface area contributed by atoms with Gasteiger partial charge in [0.25, 0.3) is 0 Å². The minimum absolute atomic E-state index is 0.00790. The lowest BCUT2D eigenvalue weighted by atomic mass is 10.1. The van der Waals surface area contributed by atoms with Crippen molar-refractivity contribution in [2.45, 2.75) is 87.4 Å². The van der Waals surface area contributed by atoms with Gasteiger partial charge in [0.05, 0.1) is 12.7 Å². The lowest BCUT2D eigenvalue weighted by Gasteiger charge is -2.19. The first-order valence-corrected chi connectivity index (χ1v) is 16.6. The number of aryl methyl sites for hydroxylation is 1. The maximum atomic E-state index is 6.42. The monoisotopic (exact) mass is 581 g/mol. The van der Waals surface area contributed by atoms with E-state index in [-0.39, 0.29) is 17.6 Å². The molecule has 1 aliphatic heterocycles. The van der Waals surface area contributed by atoms with Crippen molar-refractivity contribution in [2.75, 3.05) is 23.8 Å². The maximum Gasteiger partial charge on any atom is 0.218 e. The van der Waals surface area contributed by atoms with Crippen molar-refractivity contribution in [2.24, 2.45) is 0 Å². The molecule has 0 saturated carbocycles. The first-order valence-electron chi connectivity index (χ1n) is 14.6. The van der Waals surface area contributed by atoms with Crippen LogP contribution in [-0.2, 0) is 22.5 Å². The van der Waals surface area contributed by atoms with Crippen molar-refractivity contribution < 1.29 is 14.2 Å². The van der Waals surface area contributed by atoms with Gasteiger partial charge in [-0.25, -0.2) is 4.98 Å². The van der Waals surface area contributed by atoms with E-state index in [1.165, 1.54) is 49.2 Å². The van der Waals surface area contributed by atoms with Gasteiger partial charge in [-0.05, 0) is 29.9 Å². The summed E-state index contributed by atoms with van der Waals surface area (Å²) in [6.45, 7) is 3.14. The van der Waals surface area contributed by atoms with Gasteiger partial charge in [0.1, 0.15) is 29.8 Å². The van der Waals surface area contributed by atoms with Crippen LogP contribution in [0.3, 0.4) is 0 Å². The van der Waals surface area contributed by atoms with E-state index >= 15 is 0 Å². The van der Waals surface area contributed by atoms with Crippen molar-refractivity contribution in [1.29, 1.82) is 0 Å². The number of rotatable bonds is 18. The van der Waals surface area contributed by atoms with Crippen molar-refractivity contribution >= 4 is 29.3 Å². The maximum absolute atomic E-state index is 6.42. The summed E-state index contributed by atoms with van der Waals surface area (Å²) >= 11 is 3.68. The van der Waals surface area contributed by atoms with Crippen LogP contribution in [0.4, 0.5) is 5.82 Å². The van der Waals surface area contributed by atoms with Gasteiger partial charge in [-0.3, -0.25) is 0 Å². The quantitative estimate of drug-likeness (QED) is 0.154. The number of unbranched alkanes of at least 4 members (excludes halogenated alkanes) is 5. The second-order valence-electron chi connectivity index (χ2n) is 10.1. The van der Waals surface area contributed by atoms with Crippen LogP contribution >= 0.6 is 23.5 Å². The molecule has 6 nitrogen and oxygen atoms in total. The standard InChI is InChI=1S/C32H43N3O3S2/c1-2-3-4-5-6-13-19-39-20-18-30-34-29(33)22-31(35-30)37-24-28-27(36-23-25-14-9-7-10-15-25)21-32(38-28)40-26-16-11-8-12-17-26/h7-12,14-17,22,27-28,32H,2-6,13,18-21,23-24H2,1H3,(H2,33,34,35)/t27-,28+,32?/m0/s1. The summed E-state index contributed by atoms with van der Waals surface area (Å²) in [6.07, 6.45) is 9.23. The molecule has 40 heavy (non-hydrogen) atoms. The number of nitrogen functional groups attached to an aromatic ring is 1. The number of nitrogens with zero attached hydrogens (tertiary/aromatic N) is 2. The largest absolute Gasteiger partial charge is 0.475 e. The second kappa shape index (κ2) is 17.5. The van der Waals surface area contributed by atoms with Crippen molar-refractivity contribution in [1.82, 2.24) is 9.97 Å². The van der Waals surface area contributed by atoms with Gasteiger partial charge in [-0.15, -0.1) is 0 Å². The Hall–Kier alpha value is -2.26. The number of benzene rings is 2. The SMILES string of the molecule is CCCCCCCCSCCc1nc(N)cc(OC[C@H]2OC(Sc3ccccc3)C[C@@H]2OCc2ccccc2)n1. The molecule has 0 radical (unpaired) electrons. The molecule has 4 rings (SSSR count). The van der Waals surface area contributed by atoms with Gasteiger partial charge in [-0.2, -0.15) is 16.7 Å². The summed E-state index contributed by atoms with van der Waals surface area (Å²) in [7, 11) is 0. The Balaban J connectivity index is 1.27. The average Bonchev–Trinajstić information content (AvgIpc) is 3.36. The van der Waals surface area contributed by atoms with Crippen molar-refractivity contribution in [3.63, 3.8) is 0 Å².